The molecule has 7 heteroatoms. The highest BCUT2D eigenvalue weighted by atomic mass is 35.5. The quantitative estimate of drug-likeness (QED) is 0.709. The number of hydrogen-bond donors (Lipinski definition) is 2. The van der Waals surface area contributed by atoms with Gasteiger partial charge in [-0.05, 0) is 49.6 Å². The lowest BCUT2D eigenvalue weighted by Gasteiger charge is -2.23. The van der Waals surface area contributed by atoms with Crippen molar-refractivity contribution in [3.05, 3.63) is 66.0 Å². The molecule has 6 nitrogen and oxygen atoms in total. The average Bonchev–Trinajstić information content (AvgIpc) is 3.11. The van der Waals surface area contributed by atoms with Crippen molar-refractivity contribution in [2.45, 2.75) is 25.8 Å². The number of nitrogens with one attached hydrogen (secondary N) is 2. The molecule has 1 atom stereocenters. The number of aromatic nitrogens is 3. The molecule has 1 unspecified atom stereocenters. The number of halogens is 1. The van der Waals surface area contributed by atoms with Gasteiger partial charge in [-0.15, -0.1) is 17.5 Å². The zero-order valence-electron chi connectivity index (χ0n) is 15.8. The Morgan fingerprint density at radius 3 is 2.50 bits per heavy atom. The summed E-state index contributed by atoms with van der Waals surface area (Å²) in [5, 5.41) is 14.7. The molecule has 1 amide bonds. The second kappa shape index (κ2) is 8.99. The van der Waals surface area contributed by atoms with Gasteiger partial charge in [0, 0.05) is 12.6 Å². The highest BCUT2D eigenvalue weighted by Gasteiger charge is 2.21. The van der Waals surface area contributed by atoms with Crippen LogP contribution in [0.5, 0.6) is 0 Å². The van der Waals surface area contributed by atoms with Gasteiger partial charge < -0.3 is 10.6 Å². The van der Waals surface area contributed by atoms with E-state index in [1.807, 2.05) is 37.3 Å². The molecule has 1 fully saturated rings. The minimum atomic E-state index is -0.159. The van der Waals surface area contributed by atoms with Crippen LogP contribution in [0.1, 0.15) is 29.0 Å². The van der Waals surface area contributed by atoms with Gasteiger partial charge in [0.05, 0.1) is 11.4 Å². The predicted molar refractivity (Wildman–Crippen MR) is 112 cm³/mol. The minimum absolute atomic E-state index is 0. The highest BCUT2D eigenvalue weighted by molar-refractivity contribution is 5.93. The van der Waals surface area contributed by atoms with Gasteiger partial charge in [0.2, 0.25) is 0 Å². The van der Waals surface area contributed by atoms with Gasteiger partial charge in [0.1, 0.15) is 0 Å². The average molecular weight is 398 g/mol. The van der Waals surface area contributed by atoms with Crippen molar-refractivity contribution < 1.29 is 4.79 Å². The molecule has 1 aliphatic rings. The fourth-order valence-electron chi connectivity index (χ4n) is 3.44. The molecule has 1 aromatic heterocycles. The molecule has 0 radical (unpaired) electrons. The Balaban J connectivity index is 0.00000225. The molecule has 0 saturated carbocycles. The Bertz CT molecular complexity index is 918. The molecule has 28 heavy (non-hydrogen) atoms. The summed E-state index contributed by atoms with van der Waals surface area (Å²) in [5.41, 5.74) is 4.31. The molecule has 2 N–H and O–H groups in total. The van der Waals surface area contributed by atoms with Gasteiger partial charge >= 0.3 is 0 Å². The zero-order valence-corrected chi connectivity index (χ0v) is 16.6. The second-order valence-corrected chi connectivity index (χ2v) is 6.86. The van der Waals surface area contributed by atoms with Crippen molar-refractivity contribution in [3.8, 4) is 16.8 Å². The van der Waals surface area contributed by atoms with E-state index in [4.69, 9.17) is 0 Å². The van der Waals surface area contributed by atoms with E-state index in [9.17, 15) is 4.79 Å². The smallest absolute Gasteiger partial charge is 0.274 e. The fourth-order valence-corrected chi connectivity index (χ4v) is 3.44. The molecule has 2 aromatic carbocycles. The van der Waals surface area contributed by atoms with Crippen molar-refractivity contribution in [1.29, 1.82) is 0 Å². The van der Waals surface area contributed by atoms with E-state index < -0.39 is 0 Å². The summed E-state index contributed by atoms with van der Waals surface area (Å²) in [4.78, 5) is 12.6. The molecule has 1 saturated heterocycles. The van der Waals surface area contributed by atoms with Gasteiger partial charge in [0.25, 0.3) is 5.91 Å². The van der Waals surface area contributed by atoms with Gasteiger partial charge in [0.15, 0.2) is 5.69 Å². The summed E-state index contributed by atoms with van der Waals surface area (Å²) in [6.45, 7) is 3.69. The van der Waals surface area contributed by atoms with E-state index in [1.165, 1.54) is 5.56 Å². The topological polar surface area (TPSA) is 71.8 Å². The molecular weight excluding hydrogens is 374 g/mol. The lowest BCUT2D eigenvalue weighted by Crippen LogP contribution is -2.45. The third kappa shape index (κ3) is 4.24. The van der Waals surface area contributed by atoms with E-state index >= 15 is 0 Å². The Morgan fingerprint density at radius 1 is 1.11 bits per heavy atom. The first-order valence-electron chi connectivity index (χ1n) is 9.32. The van der Waals surface area contributed by atoms with Crippen LogP contribution in [-0.4, -0.2) is 40.0 Å². The molecule has 2 heterocycles. The molecule has 3 aromatic rings. The molecule has 0 aliphatic carbocycles. The number of nitrogens with zero attached hydrogens (tertiary/aromatic N) is 3. The standard InChI is InChI=1S/C21H23N5O.ClH/c1-15-20(21(27)23-18-8-5-13-22-14-18)24-25-26(15)19-11-9-17(10-12-19)16-6-3-2-4-7-16;/h2-4,6-7,9-12,18,22H,5,8,13-14H2,1H3,(H,23,27);1H. The van der Waals surface area contributed by atoms with Crippen molar-refractivity contribution in [2.24, 2.45) is 0 Å². The first-order chi connectivity index (χ1) is 13.2. The Morgan fingerprint density at radius 2 is 1.82 bits per heavy atom. The van der Waals surface area contributed by atoms with Crippen molar-refractivity contribution in [2.75, 3.05) is 13.1 Å². The van der Waals surface area contributed by atoms with Crippen molar-refractivity contribution >= 4 is 18.3 Å². The largest absolute Gasteiger partial charge is 0.347 e. The third-order valence-corrected chi connectivity index (χ3v) is 4.96. The number of carbonyl (C=O) groups excluding carboxylic acids is 1. The summed E-state index contributed by atoms with van der Waals surface area (Å²) in [6, 6.07) is 18.5. The normalized spacial score (nSPS) is 16.2. The summed E-state index contributed by atoms with van der Waals surface area (Å²) in [5.74, 6) is -0.159. The molecular formula is C21H24ClN5O. The number of piperidine rings is 1. The molecule has 0 bridgehead atoms. The number of amides is 1. The van der Waals surface area contributed by atoms with Gasteiger partial charge in [-0.2, -0.15) is 0 Å². The lowest BCUT2D eigenvalue weighted by molar-refractivity contribution is 0.0925. The van der Waals surface area contributed by atoms with E-state index in [2.05, 4.69) is 45.2 Å². The fraction of sp³-hybridized carbons (Fsp3) is 0.286. The van der Waals surface area contributed by atoms with Crippen LogP contribution in [0.2, 0.25) is 0 Å². The van der Waals surface area contributed by atoms with Crippen LogP contribution in [-0.2, 0) is 0 Å². The molecule has 4 rings (SSSR count). The van der Waals surface area contributed by atoms with Gasteiger partial charge in [-0.25, -0.2) is 4.68 Å². The van der Waals surface area contributed by atoms with Crippen LogP contribution in [0, 0.1) is 6.92 Å². The Labute approximate surface area is 170 Å². The Kier molecular flexibility index (Phi) is 6.44. The highest BCUT2D eigenvalue weighted by Crippen LogP contribution is 2.21. The number of hydrogen-bond acceptors (Lipinski definition) is 4. The predicted octanol–water partition coefficient (Wildman–Crippen LogP) is 3.15. The van der Waals surface area contributed by atoms with Crippen LogP contribution in [0.4, 0.5) is 0 Å². The van der Waals surface area contributed by atoms with E-state index in [0.29, 0.717) is 5.69 Å². The summed E-state index contributed by atoms with van der Waals surface area (Å²) < 4.78 is 1.71. The molecule has 1 aliphatic heterocycles. The first kappa shape index (κ1) is 20.0. The number of carbonyl (C=O) groups is 1. The monoisotopic (exact) mass is 397 g/mol. The van der Waals surface area contributed by atoms with E-state index in [0.717, 1.165) is 42.9 Å². The van der Waals surface area contributed by atoms with Crippen LogP contribution in [0.25, 0.3) is 16.8 Å². The van der Waals surface area contributed by atoms with Crippen molar-refractivity contribution in [3.63, 3.8) is 0 Å². The third-order valence-electron chi connectivity index (χ3n) is 4.96. The SMILES string of the molecule is Cc1c(C(=O)NC2CCCNC2)nnn1-c1ccc(-c2ccccc2)cc1.Cl. The maximum atomic E-state index is 12.6. The van der Waals surface area contributed by atoms with Gasteiger partial charge in [-0.3, -0.25) is 4.79 Å². The van der Waals surface area contributed by atoms with Crippen LogP contribution in [0.3, 0.4) is 0 Å². The van der Waals surface area contributed by atoms with Crippen LogP contribution < -0.4 is 10.6 Å². The number of benzene rings is 2. The molecule has 0 spiro atoms. The zero-order chi connectivity index (χ0) is 18.6. The lowest BCUT2D eigenvalue weighted by atomic mass is 10.1. The van der Waals surface area contributed by atoms with Crippen LogP contribution >= 0.6 is 12.4 Å². The van der Waals surface area contributed by atoms with Gasteiger partial charge in [-0.1, -0.05) is 47.7 Å². The summed E-state index contributed by atoms with van der Waals surface area (Å²) in [7, 11) is 0. The summed E-state index contributed by atoms with van der Waals surface area (Å²) >= 11 is 0. The first-order valence-corrected chi connectivity index (χ1v) is 9.32. The Hall–Kier alpha value is -2.70. The van der Waals surface area contributed by atoms with E-state index in [1.54, 1.807) is 4.68 Å². The van der Waals surface area contributed by atoms with Crippen LogP contribution in [0.15, 0.2) is 54.6 Å². The number of rotatable bonds is 4. The summed E-state index contributed by atoms with van der Waals surface area (Å²) in [6.07, 6.45) is 2.07. The van der Waals surface area contributed by atoms with E-state index in [-0.39, 0.29) is 24.4 Å². The maximum Gasteiger partial charge on any atom is 0.274 e. The second-order valence-electron chi connectivity index (χ2n) is 6.86. The van der Waals surface area contributed by atoms with Crippen molar-refractivity contribution in [1.82, 2.24) is 25.6 Å². The maximum absolute atomic E-state index is 12.6. The molecule has 146 valence electrons. The minimum Gasteiger partial charge on any atom is -0.347 e.